The van der Waals surface area contributed by atoms with Gasteiger partial charge in [-0.15, -0.1) is 11.3 Å². The van der Waals surface area contributed by atoms with Crippen LogP contribution in [-0.2, 0) is 6.54 Å². The number of anilines is 1. The number of nitrogens with zero attached hydrogens (tertiary/aromatic N) is 2. The lowest BCUT2D eigenvalue weighted by Crippen LogP contribution is -2.37. The van der Waals surface area contributed by atoms with Crippen molar-refractivity contribution in [3.63, 3.8) is 0 Å². The average molecular weight is 450 g/mol. The minimum absolute atomic E-state index is 0.0468. The largest absolute Gasteiger partial charge is 0.489 e. The number of nitrogens with one attached hydrogen (secondary N) is 1. The van der Waals surface area contributed by atoms with Crippen LogP contribution in [0.25, 0.3) is 0 Å². The molecular formula is C21H21ClFN3OS2. The summed E-state index contributed by atoms with van der Waals surface area (Å²) in [5, 5.41) is 2.27. The van der Waals surface area contributed by atoms with Gasteiger partial charge in [0.1, 0.15) is 23.5 Å². The fourth-order valence-corrected chi connectivity index (χ4v) is 4.75. The van der Waals surface area contributed by atoms with Gasteiger partial charge in [0.25, 0.3) is 0 Å². The molecule has 0 spiro atoms. The summed E-state index contributed by atoms with van der Waals surface area (Å²) in [7, 11) is 0. The Morgan fingerprint density at radius 3 is 2.76 bits per heavy atom. The molecule has 1 aromatic heterocycles. The van der Waals surface area contributed by atoms with Gasteiger partial charge in [0.2, 0.25) is 0 Å². The molecule has 1 N–H and O–H groups in total. The maximum absolute atomic E-state index is 14.5. The van der Waals surface area contributed by atoms with Crippen LogP contribution >= 0.6 is 34.9 Å². The van der Waals surface area contributed by atoms with Gasteiger partial charge in [-0.05, 0) is 36.4 Å². The average Bonchev–Trinajstić information content (AvgIpc) is 3.25. The van der Waals surface area contributed by atoms with Gasteiger partial charge in [0.05, 0.1) is 15.4 Å². The topological polar surface area (TPSA) is 37.4 Å². The molecule has 4 rings (SSSR count). The van der Waals surface area contributed by atoms with E-state index in [9.17, 15) is 4.39 Å². The maximum atomic E-state index is 14.5. The second kappa shape index (κ2) is 9.80. The van der Waals surface area contributed by atoms with Crippen LogP contribution < -0.4 is 9.46 Å². The highest BCUT2D eigenvalue weighted by atomic mass is 35.5. The minimum Gasteiger partial charge on any atom is -0.489 e. The van der Waals surface area contributed by atoms with Gasteiger partial charge >= 0.3 is 0 Å². The Balaban J connectivity index is 1.31. The van der Waals surface area contributed by atoms with Crippen LogP contribution in [0.4, 0.5) is 10.2 Å². The van der Waals surface area contributed by atoms with Crippen molar-refractivity contribution in [3.05, 3.63) is 69.8 Å². The number of hydrogen-bond donors (Lipinski definition) is 1. The zero-order valence-corrected chi connectivity index (χ0v) is 18.1. The van der Waals surface area contributed by atoms with Crippen LogP contribution in [0.15, 0.2) is 58.3 Å². The van der Waals surface area contributed by atoms with E-state index in [0.717, 1.165) is 44.4 Å². The smallest absolute Gasteiger partial charge is 0.147 e. The standard InChI is InChI=1S/C21H21ClFN3OS2/c22-17-10-20(29-25-21-13-28-14-24-21)18(23)11-19(17)27-16-6-8-26(9-7-16)12-15-4-2-1-3-5-15/h1-5,10-11,13-14,16,25H,6-9,12H2. The molecule has 0 unspecified atom stereocenters. The van der Waals surface area contributed by atoms with Gasteiger partial charge in [0.15, 0.2) is 0 Å². The lowest BCUT2D eigenvalue weighted by Gasteiger charge is -2.32. The monoisotopic (exact) mass is 449 g/mol. The fraction of sp³-hybridized carbons (Fsp3) is 0.286. The number of ether oxygens (including phenoxy) is 1. The molecule has 0 saturated carbocycles. The molecule has 1 saturated heterocycles. The predicted molar refractivity (Wildman–Crippen MR) is 118 cm³/mol. The van der Waals surface area contributed by atoms with Crippen LogP contribution in [0.5, 0.6) is 5.75 Å². The lowest BCUT2D eigenvalue weighted by molar-refractivity contribution is 0.0965. The zero-order chi connectivity index (χ0) is 20.1. The third-order valence-corrected chi connectivity index (χ3v) is 6.49. The van der Waals surface area contributed by atoms with Crippen molar-refractivity contribution in [1.29, 1.82) is 0 Å². The highest BCUT2D eigenvalue weighted by Crippen LogP contribution is 2.34. The molecule has 0 aliphatic carbocycles. The number of rotatable bonds is 7. The number of hydrogen-bond acceptors (Lipinski definition) is 6. The van der Waals surface area contributed by atoms with Crippen molar-refractivity contribution in [2.24, 2.45) is 0 Å². The van der Waals surface area contributed by atoms with Crippen LogP contribution in [0.1, 0.15) is 18.4 Å². The molecule has 8 heteroatoms. The van der Waals surface area contributed by atoms with Crippen molar-refractivity contribution >= 4 is 40.7 Å². The molecule has 1 aliphatic rings. The van der Waals surface area contributed by atoms with Crippen LogP contribution in [-0.4, -0.2) is 29.1 Å². The first-order valence-electron chi connectivity index (χ1n) is 9.40. The second-order valence-corrected chi connectivity index (χ2v) is 8.84. The van der Waals surface area contributed by atoms with Crippen molar-refractivity contribution in [2.45, 2.75) is 30.4 Å². The first-order chi connectivity index (χ1) is 14.2. The maximum Gasteiger partial charge on any atom is 0.147 e. The summed E-state index contributed by atoms with van der Waals surface area (Å²) in [6.45, 7) is 2.84. The number of halogens is 2. The van der Waals surface area contributed by atoms with Crippen molar-refractivity contribution in [3.8, 4) is 5.75 Å². The van der Waals surface area contributed by atoms with E-state index < -0.39 is 0 Å². The second-order valence-electron chi connectivity index (χ2n) is 6.87. The first-order valence-corrected chi connectivity index (χ1v) is 11.5. The Morgan fingerprint density at radius 2 is 2.03 bits per heavy atom. The Hall–Kier alpha value is -1.80. The molecule has 0 radical (unpaired) electrons. The van der Waals surface area contributed by atoms with Gasteiger partial charge in [-0.1, -0.05) is 41.9 Å². The summed E-state index contributed by atoms with van der Waals surface area (Å²) in [6.07, 6.45) is 1.84. The van der Waals surface area contributed by atoms with E-state index in [2.05, 4.69) is 38.9 Å². The summed E-state index contributed by atoms with van der Waals surface area (Å²) in [5.41, 5.74) is 3.03. The molecule has 2 aromatic carbocycles. The molecule has 0 amide bonds. The first kappa shape index (κ1) is 20.5. The van der Waals surface area contributed by atoms with Gasteiger partial charge in [0, 0.05) is 31.1 Å². The van der Waals surface area contributed by atoms with Crippen molar-refractivity contribution in [2.75, 3.05) is 17.8 Å². The van der Waals surface area contributed by atoms with E-state index in [1.807, 2.05) is 11.4 Å². The fourth-order valence-electron chi connectivity index (χ4n) is 3.26. The van der Waals surface area contributed by atoms with E-state index in [-0.39, 0.29) is 11.9 Å². The van der Waals surface area contributed by atoms with Crippen LogP contribution in [0.3, 0.4) is 0 Å². The van der Waals surface area contributed by atoms with Crippen LogP contribution in [0.2, 0.25) is 5.02 Å². The Labute approximate surface area is 183 Å². The predicted octanol–water partition coefficient (Wildman–Crippen LogP) is 6.10. The number of piperidine rings is 1. The Morgan fingerprint density at radius 1 is 1.24 bits per heavy atom. The normalized spacial score (nSPS) is 15.4. The van der Waals surface area contributed by atoms with E-state index in [0.29, 0.717) is 21.5 Å². The van der Waals surface area contributed by atoms with Crippen LogP contribution in [0, 0.1) is 5.82 Å². The summed E-state index contributed by atoms with van der Waals surface area (Å²) < 4.78 is 23.5. The summed E-state index contributed by atoms with van der Waals surface area (Å²) >= 11 is 8.98. The molecule has 152 valence electrons. The number of likely N-dealkylation sites (tertiary alicyclic amines) is 1. The third-order valence-electron chi connectivity index (χ3n) is 4.76. The number of thiazole rings is 1. The molecule has 3 aromatic rings. The Kier molecular flexibility index (Phi) is 6.92. The lowest BCUT2D eigenvalue weighted by atomic mass is 10.1. The molecular weight excluding hydrogens is 429 g/mol. The molecule has 0 bridgehead atoms. The van der Waals surface area contributed by atoms with Gasteiger partial charge in [-0.2, -0.15) is 0 Å². The van der Waals surface area contributed by atoms with Gasteiger partial charge in [-0.25, -0.2) is 9.37 Å². The molecule has 4 nitrogen and oxygen atoms in total. The summed E-state index contributed by atoms with van der Waals surface area (Å²) in [6, 6.07) is 13.4. The Bertz CT molecular complexity index is 919. The van der Waals surface area contributed by atoms with E-state index >= 15 is 0 Å². The van der Waals surface area contributed by atoms with Gasteiger partial charge in [-0.3, -0.25) is 4.90 Å². The quantitative estimate of drug-likeness (QED) is 0.441. The molecule has 1 fully saturated rings. The van der Waals surface area contributed by atoms with E-state index in [1.165, 1.54) is 23.0 Å². The van der Waals surface area contributed by atoms with E-state index in [4.69, 9.17) is 16.3 Å². The highest BCUT2D eigenvalue weighted by molar-refractivity contribution is 8.00. The molecule has 0 atom stereocenters. The SMILES string of the molecule is Fc1cc(OC2CCN(Cc3ccccc3)CC2)c(Cl)cc1SNc1cscn1. The molecule has 1 aliphatic heterocycles. The number of benzene rings is 2. The third kappa shape index (κ3) is 5.63. The molecule has 2 heterocycles. The van der Waals surface area contributed by atoms with Crippen molar-refractivity contribution in [1.82, 2.24) is 9.88 Å². The zero-order valence-electron chi connectivity index (χ0n) is 15.7. The minimum atomic E-state index is -0.362. The summed E-state index contributed by atoms with van der Waals surface area (Å²) in [4.78, 5) is 6.94. The number of aromatic nitrogens is 1. The van der Waals surface area contributed by atoms with E-state index in [1.54, 1.807) is 11.6 Å². The van der Waals surface area contributed by atoms with Crippen molar-refractivity contribution < 1.29 is 9.13 Å². The highest BCUT2D eigenvalue weighted by Gasteiger charge is 2.22. The van der Waals surface area contributed by atoms with Gasteiger partial charge < -0.3 is 9.46 Å². The molecule has 29 heavy (non-hydrogen) atoms. The summed E-state index contributed by atoms with van der Waals surface area (Å²) in [5.74, 6) is 0.737.